The molecule has 7 nitrogen and oxygen atoms in total. The van der Waals surface area contributed by atoms with Gasteiger partial charge in [0.25, 0.3) is 10.0 Å². The maximum absolute atomic E-state index is 12.8. The predicted molar refractivity (Wildman–Crippen MR) is 126 cm³/mol. The van der Waals surface area contributed by atoms with Crippen molar-refractivity contribution < 1.29 is 8.42 Å². The van der Waals surface area contributed by atoms with Crippen molar-refractivity contribution in [3.63, 3.8) is 0 Å². The summed E-state index contributed by atoms with van der Waals surface area (Å²) in [6, 6.07) is 20.1. The van der Waals surface area contributed by atoms with E-state index in [-0.39, 0.29) is 4.90 Å². The van der Waals surface area contributed by atoms with E-state index in [2.05, 4.69) is 14.9 Å². The largest absolute Gasteiger partial charge is 0.280 e. The number of sulfonamides is 1. The van der Waals surface area contributed by atoms with Gasteiger partial charge in [0.05, 0.1) is 15.5 Å². The zero-order valence-corrected chi connectivity index (χ0v) is 19.0. The average molecular weight is 462 g/mol. The zero-order valence-electron chi connectivity index (χ0n) is 17.4. The highest BCUT2D eigenvalue weighted by Crippen LogP contribution is 2.26. The van der Waals surface area contributed by atoms with Crippen molar-refractivity contribution in [2.24, 2.45) is 0 Å². The monoisotopic (exact) mass is 461 g/mol. The summed E-state index contributed by atoms with van der Waals surface area (Å²) in [5.74, 6) is 0.690. The first-order chi connectivity index (χ1) is 15.4. The van der Waals surface area contributed by atoms with Gasteiger partial charge in [-0.1, -0.05) is 35.9 Å². The summed E-state index contributed by atoms with van der Waals surface area (Å²) in [7, 11) is -3.68. The second-order valence-electron chi connectivity index (χ2n) is 7.44. The molecule has 0 bridgehead atoms. The van der Waals surface area contributed by atoms with Gasteiger partial charge in [-0.05, 0) is 61.2 Å². The normalized spacial score (nSPS) is 11.7. The number of anilines is 1. The summed E-state index contributed by atoms with van der Waals surface area (Å²) in [4.78, 5) is 1.26. The van der Waals surface area contributed by atoms with Crippen LogP contribution in [-0.2, 0) is 10.0 Å². The van der Waals surface area contributed by atoms with Crippen LogP contribution in [0.5, 0.6) is 0 Å². The van der Waals surface area contributed by atoms with E-state index in [1.807, 2.05) is 54.8 Å². The Morgan fingerprint density at radius 2 is 1.75 bits per heavy atom. The molecule has 0 aliphatic heterocycles. The summed E-state index contributed by atoms with van der Waals surface area (Å²) in [6.45, 7) is 3.73. The van der Waals surface area contributed by atoms with Crippen molar-refractivity contribution in [1.82, 2.24) is 19.8 Å². The lowest BCUT2D eigenvalue weighted by atomic mass is 10.1. The van der Waals surface area contributed by atoms with E-state index in [1.165, 1.54) is 0 Å². The van der Waals surface area contributed by atoms with Crippen LogP contribution in [0.2, 0.25) is 0 Å². The minimum atomic E-state index is -3.68. The summed E-state index contributed by atoms with van der Waals surface area (Å²) < 4.78 is 30.0. The summed E-state index contributed by atoms with van der Waals surface area (Å²) in [5, 5.41) is 15.1. The molecule has 2 aromatic carbocycles. The Morgan fingerprint density at radius 3 is 2.47 bits per heavy atom. The van der Waals surface area contributed by atoms with Gasteiger partial charge in [-0.3, -0.25) is 4.72 Å². The summed E-state index contributed by atoms with van der Waals surface area (Å²) in [6.07, 6.45) is 0. The fourth-order valence-electron chi connectivity index (χ4n) is 3.52. The Balaban J connectivity index is 1.43. The van der Waals surface area contributed by atoms with Crippen LogP contribution in [0.25, 0.3) is 27.6 Å². The Bertz CT molecular complexity index is 1520. The van der Waals surface area contributed by atoms with Crippen molar-refractivity contribution in [3.8, 4) is 22.0 Å². The number of fused-ring (bicyclic) bond motifs is 1. The first kappa shape index (κ1) is 20.3. The number of hydrogen-bond acceptors (Lipinski definition) is 6. The lowest BCUT2D eigenvalue weighted by molar-refractivity contribution is 0.600. The molecule has 3 heterocycles. The number of benzene rings is 2. The molecule has 3 aromatic heterocycles. The quantitative estimate of drug-likeness (QED) is 0.401. The van der Waals surface area contributed by atoms with E-state index < -0.39 is 10.0 Å². The highest BCUT2D eigenvalue weighted by molar-refractivity contribution is 7.92. The molecule has 0 unspecified atom stereocenters. The van der Waals surface area contributed by atoms with Gasteiger partial charge in [0, 0.05) is 11.3 Å². The van der Waals surface area contributed by atoms with Crippen LogP contribution in [-0.4, -0.2) is 28.2 Å². The van der Waals surface area contributed by atoms with Gasteiger partial charge in [0.15, 0.2) is 11.5 Å². The molecule has 5 rings (SSSR count). The van der Waals surface area contributed by atoms with Crippen molar-refractivity contribution in [3.05, 3.63) is 83.2 Å². The minimum absolute atomic E-state index is 0.271. The van der Waals surface area contributed by atoms with Crippen molar-refractivity contribution in [2.45, 2.75) is 18.7 Å². The number of hydrogen-bond donors (Lipinski definition) is 1. The first-order valence-electron chi connectivity index (χ1n) is 9.87. The molecular weight excluding hydrogens is 442 g/mol. The average Bonchev–Trinajstić information content (AvgIpc) is 3.43. The van der Waals surface area contributed by atoms with Crippen LogP contribution >= 0.6 is 11.3 Å². The fraction of sp³-hybridized carbons (Fsp3) is 0.0870. The van der Waals surface area contributed by atoms with E-state index >= 15 is 0 Å². The third-order valence-corrected chi connectivity index (χ3v) is 7.46. The number of rotatable bonds is 5. The molecular formula is C23H19N5O2S2. The van der Waals surface area contributed by atoms with Crippen molar-refractivity contribution in [2.75, 3.05) is 4.72 Å². The van der Waals surface area contributed by atoms with Crippen LogP contribution in [0.1, 0.15) is 11.1 Å². The first-order valence-corrected chi connectivity index (χ1v) is 12.2. The van der Waals surface area contributed by atoms with E-state index in [9.17, 15) is 8.42 Å². The van der Waals surface area contributed by atoms with Gasteiger partial charge >= 0.3 is 0 Å². The molecule has 5 aromatic rings. The molecule has 0 aliphatic rings. The molecule has 9 heteroatoms. The third kappa shape index (κ3) is 3.76. The van der Waals surface area contributed by atoms with Gasteiger partial charge in [0.2, 0.25) is 0 Å². The third-order valence-electron chi connectivity index (χ3n) is 5.06. The predicted octanol–water partition coefficient (Wildman–Crippen LogP) is 4.94. The molecule has 32 heavy (non-hydrogen) atoms. The highest BCUT2D eigenvalue weighted by atomic mass is 32.2. The van der Waals surface area contributed by atoms with E-state index in [0.717, 1.165) is 21.7 Å². The van der Waals surface area contributed by atoms with Gasteiger partial charge in [-0.2, -0.15) is 9.61 Å². The van der Waals surface area contributed by atoms with Crippen LogP contribution in [0.15, 0.2) is 77.0 Å². The fourth-order valence-corrected chi connectivity index (χ4v) is 5.50. The molecule has 0 radical (unpaired) electrons. The Kier molecular flexibility index (Phi) is 4.99. The molecule has 0 fully saturated rings. The van der Waals surface area contributed by atoms with Gasteiger partial charge < -0.3 is 0 Å². The standard InChI is InChI=1S/C23H19N5O2S2/c1-15-5-11-21(16(2)14-15)32(29,30)27-18-8-6-17(7-9-18)19-10-12-22-24-25-23(28(22)26-19)20-4-3-13-31-20/h3-14,27H,1-2H3. The summed E-state index contributed by atoms with van der Waals surface area (Å²) in [5.41, 5.74) is 4.46. The second-order valence-corrected chi connectivity index (χ2v) is 10.0. The number of nitrogens with one attached hydrogen (secondary N) is 1. The van der Waals surface area contributed by atoms with E-state index in [0.29, 0.717) is 22.7 Å². The number of thiophene rings is 1. The van der Waals surface area contributed by atoms with Crippen LogP contribution in [0.3, 0.4) is 0 Å². The molecule has 160 valence electrons. The van der Waals surface area contributed by atoms with Crippen LogP contribution in [0, 0.1) is 13.8 Å². The van der Waals surface area contributed by atoms with Crippen molar-refractivity contribution >= 4 is 32.7 Å². The Labute approximate surface area is 189 Å². The molecule has 0 aliphatic carbocycles. The van der Waals surface area contributed by atoms with Gasteiger partial charge in [-0.15, -0.1) is 21.5 Å². The van der Waals surface area contributed by atoms with Crippen LogP contribution in [0.4, 0.5) is 5.69 Å². The molecule has 0 amide bonds. The van der Waals surface area contributed by atoms with Gasteiger partial charge in [0.1, 0.15) is 0 Å². The molecule has 0 atom stereocenters. The molecule has 0 saturated heterocycles. The van der Waals surface area contributed by atoms with Gasteiger partial charge in [-0.25, -0.2) is 8.42 Å². The number of aromatic nitrogens is 4. The van der Waals surface area contributed by atoms with Crippen molar-refractivity contribution in [1.29, 1.82) is 0 Å². The minimum Gasteiger partial charge on any atom is -0.280 e. The Hall–Kier alpha value is -3.56. The number of nitrogens with zero attached hydrogens (tertiary/aromatic N) is 4. The molecule has 1 N–H and O–H groups in total. The topological polar surface area (TPSA) is 89.2 Å². The van der Waals surface area contributed by atoms with E-state index in [4.69, 9.17) is 5.10 Å². The highest BCUT2D eigenvalue weighted by Gasteiger charge is 2.17. The smallest absolute Gasteiger partial charge is 0.262 e. The molecule has 0 saturated carbocycles. The molecule has 0 spiro atoms. The number of aryl methyl sites for hydroxylation is 2. The second kappa shape index (κ2) is 7.85. The summed E-state index contributed by atoms with van der Waals surface area (Å²) >= 11 is 1.58. The zero-order chi connectivity index (χ0) is 22.3. The maximum Gasteiger partial charge on any atom is 0.262 e. The SMILES string of the molecule is Cc1ccc(S(=O)(=O)Nc2ccc(-c3ccc4nnc(-c5cccs5)n4n3)cc2)c(C)c1. The maximum atomic E-state index is 12.8. The van der Waals surface area contributed by atoms with E-state index in [1.54, 1.807) is 47.0 Å². The lowest BCUT2D eigenvalue weighted by Crippen LogP contribution is -2.14. The van der Waals surface area contributed by atoms with Crippen LogP contribution < -0.4 is 4.72 Å². The Morgan fingerprint density at radius 1 is 0.938 bits per heavy atom. The lowest BCUT2D eigenvalue weighted by Gasteiger charge is -2.11.